The van der Waals surface area contributed by atoms with Gasteiger partial charge in [0.2, 0.25) is 0 Å². The Balaban J connectivity index is 0.00000180. The molecule has 1 amide bonds. The molecule has 0 saturated carbocycles. The standard InChI is InChI=1S/C12H15N3O3.ClH/c13-7-9-5-6-14(8-9)12(16)10-1-3-11(4-2-10)15(17)18;/h1-4,9H,5-8,13H2;1H. The lowest BCUT2D eigenvalue weighted by molar-refractivity contribution is -0.384. The fourth-order valence-corrected chi connectivity index (χ4v) is 2.12. The van der Waals surface area contributed by atoms with Crippen LogP contribution in [0.1, 0.15) is 16.8 Å². The van der Waals surface area contributed by atoms with Crippen molar-refractivity contribution in [2.45, 2.75) is 6.42 Å². The number of nitro groups is 1. The van der Waals surface area contributed by atoms with Gasteiger partial charge in [-0.3, -0.25) is 14.9 Å². The number of likely N-dealkylation sites (tertiary alicyclic amines) is 1. The second kappa shape index (κ2) is 6.49. The number of non-ortho nitro benzene ring substituents is 1. The first-order valence-corrected chi connectivity index (χ1v) is 5.85. The minimum absolute atomic E-state index is 0. The summed E-state index contributed by atoms with van der Waals surface area (Å²) in [6.45, 7) is 1.97. The first kappa shape index (κ1) is 15.4. The van der Waals surface area contributed by atoms with Crippen molar-refractivity contribution in [2.75, 3.05) is 19.6 Å². The number of rotatable bonds is 3. The summed E-state index contributed by atoms with van der Waals surface area (Å²) in [6.07, 6.45) is 0.926. The molecule has 1 fully saturated rings. The summed E-state index contributed by atoms with van der Waals surface area (Å²) in [5, 5.41) is 10.5. The van der Waals surface area contributed by atoms with Crippen molar-refractivity contribution < 1.29 is 9.72 Å². The van der Waals surface area contributed by atoms with Crippen LogP contribution in [0, 0.1) is 16.0 Å². The van der Waals surface area contributed by atoms with E-state index in [0.717, 1.165) is 6.42 Å². The van der Waals surface area contributed by atoms with Crippen LogP contribution < -0.4 is 5.73 Å². The molecule has 1 saturated heterocycles. The Kier molecular flexibility index (Phi) is 5.26. The zero-order valence-electron chi connectivity index (χ0n) is 10.3. The first-order valence-electron chi connectivity index (χ1n) is 5.85. The molecule has 6 nitrogen and oxygen atoms in total. The zero-order chi connectivity index (χ0) is 13.1. The van der Waals surface area contributed by atoms with Crippen molar-refractivity contribution in [3.05, 3.63) is 39.9 Å². The van der Waals surface area contributed by atoms with Crippen molar-refractivity contribution in [3.8, 4) is 0 Å². The van der Waals surface area contributed by atoms with E-state index in [1.54, 1.807) is 4.90 Å². The molecule has 2 rings (SSSR count). The van der Waals surface area contributed by atoms with Crippen LogP contribution in [0.5, 0.6) is 0 Å². The molecule has 1 aliphatic rings. The molecule has 0 bridgehead atoms. The molecule has 7 heteroatoms. The quantitative estimate of drug-likeness (QED) is 0.672. The molecular formula is C12H16ClN3O3. The van der Waals surface area contributed by atoms with Crippen LogP contribution in [-0.2, 0) is 0 Å². The van der Waals surface area contributed by atoms with Gasteiger partial charge < -0.3 is 10.6 Å². The van der Waals surface area contributed by atoms with E-state index in [0.29, 0.717) is 31.1 Å². The number of nitrogens with two attached hydrogens (primary N) is 1. The molecular weight excluding hydrogens is 270 g/mol. The second-order valence-corrected chi connectivity index (χ2v) is 4.45. The molecule has 1 aromatic rings. The summed E-state index contributed by atoms with van der Waals surface area (Å²) in [6, 6.07) is 5.69. The van der Waals surface area contributed by atoms with Crippen molar-refractivity contribution >= 4 is 24.0 Å². The van der Waals surface area contributed by atoms with E-state index in [-0.39, 0.29) is 24.0 Å². The minimum atomic E-state index is -0.478. The van der Waals surface area contributed by atoms with E-state index in [4.69, 9.17) is 5.73 Å². The number of carbonyl (C=O) groups excluding carboxylic acids is 1. The average Bonchev–Trinajstić information content (AvgIpc) is 2.86. The van der Waals surface area contributed by atoms with Crippen molar-refractivity contribution in [1.82, 2.24) is 4.90 Å². The zero-order valence-corrected chi connectivity index (χ0v) is 11.1. The van der Waals surface area contributed by atoms with Crippen LogP contribution in [0.15, 0.2) is 24.3 Å². The van der Waals surface area contributed by atoms with Crippen LogP contribution >= 0.6 is 12.4 Å². The van der Waals surface area contributed by atoms with E-state index in [2.05, 4.69) is 0 Å². The van der Waals surface area contributed by atoms with Crippen molar-refractivity contribution in [1.29, 1.82) is 0 Å². The average molecular weight is 286 g/mol. The van der Waals surface area contributed by atoms with Gasteiger partial charge in [0, 0.05) is 30.8 Å². The minimum Gasteiger partial charge on any atom is -0.338 e. The Hall–Kier alpha value is -1.66. The molecule has 1 atom stereocenters. The van der Waals surface area contributed by atoms with Gasteiger partial charge in [0.1, 0.15) is 0 Å². The molecule has 1 heterocycles. The van der Waals surface area contributed by atoms with Crippen LogP contribution in [0.3, 0.4) is 0 Å². The summed E-state index contributed by atoms with van der Waals surface area (Å²) in [5.41, 5.74) is 6.05. The van der Waals surface area contributed by atoms with Crippen LogP contribution in [-0.4, -0.2) is 35.4 Å². The number of hydrogen-bond donors (Lipinski definition) is 1. The molecule has 2 N–H and O–H groups in total. The second-order valence-electron chi connectivity index (χ2n) is 4.45. The van der Waals surface area contributed by atoms with Crippen LogP contribution in [0.4, 0.5) is 5.69 Å². The van der Waals surface area contributed by atoms with E-state index in [1.165, 1.54) is 24.3 Å². The number of hydrogen-bond acceptors (Lipinski definition) is 4. The summed E-state index contributed by atoms with van der Waals surface area (Å²) in [7, 11) is 0. The number of nitro benzene ring substituents is 1. The number of halogens is 1. The van der Waals surface area contributed by atoms with Gasteiger partial charge in [-0.25, -0.2) is 0 Å². The van der Waals surface area contributed by atoms with Gasteiger partial charge in [-0.1, -0.05) is 0 Å². The SMILES string of the molecule is Cl.NCC1CCN(C(=O)c2ccc([N+](=O)[O-])cc2)C1. The van der Waals surface area contributed by atoms with Crippen LogP contribution in [0.2, 0.25) is 0 Å². The molecule has 0 aromatic heterocycles. The third kappa shape index (κ3) is 3.42. The van der Waals surface area contributed by atoms with Crippen molar-refractivity contribution in [3.63, 3.8) is 0 Å². The fourth-order valence-electron chi connectivity index (χ4n) is 2.12. The maximum atomic E-state index is 12.1. The number of benzene rings is 1. The maximum absolute atomic E-state index is 12.1. The largest absolute Gasteiger partial charge is 0.338 e. The number of carbonyl (C=O) groups is 1. The fraction of sp³-hybridized carbons (Fsp3) is 0.417. The molecule has 1 aromatic carbocycles. The van der Waals surface area contributed by atoms with Gasteiger partial charge in [-0.15, -0.1) is 12.4 Å². The third-order valence-corrected chi connectivity index (χ3v) is 3.23. The van der Waals surface area contributed by atoms with Gasteiger partial charge in [0.15, 0.2) is 0 Å². The smallest absolute Gasteiger partial charge is 0.269 e. The maximum Gasteiger partial charge on any atom is 0.269 e. The molecule has 0 radical (unpaired) electrons. The Bertz CT molecular complexity index is 464. The van der Waals surface area contributed by atoms with Gasteiger partial charge in [-0.2, -0.15) is 0 Å². The molecule has 0 spiro atoms. The summed E-state index contributed by atoms with van der Waals surface area (Å²) in [5.74, 6) is 0.285. The van der Waals surface area contributed by atoms with Gasteiger partial charge in [0.25, 0.3) is 11.6 Å². The lowest BCUT2D eigenvalue weighted by atomic mass is 10.1. The molecule has 19 heavy (non-hydrogen) atoms. The number of nitrogens with zero attached hydrogens (tertiary/aromatic N) is 2. The van der Waals surface area contributed by atoms with E-state index < -0.39 is 4.92 Å². The predicted molar refractivity (Wildman–Crippen MR) is 73.4 cm³/mol. The highest BCUT2D eigenvalue weighted by Gasteiger charge is 2.26. The topological polar surface area (TPSA) is 89.5 Å². The van der Waals surface area contributed by atoms with Gasteiger partial charge in [-0.05, 0) is 31.0 Å². The monoisotopic (exact) mass is 285 g/mol. The highest BCUT2D eigenvalue weighted by molar-refractivity contribution is 5.94. The number of amides is 1. The van der Waals surface area contributed by atoms with Gasteiger partial charge in [0.05, 0.1) is 4.92 Å². The molecule has 104 valence electrons. The Labute approximate surface area is 117 Å². The highest BCUT2D eigenvalue weighted by Crippen LogP contribution is 2.19. The van der Waals surface area contributed by atoms with Gasteiger partial charge >= 0.3 is 0 Å². The third-order valence-electron chi connectivity index (χ3n) is 3.23. The Morgan fingerprint density at radius 1 is 1.42 bits per heavy atom. The predicted octanol–water partition coefficient (Wildman–Crippen LogP) is 1.44. The molecule has 1 aliphatic heterocycles. The van der Waals surface area contributed by atoms with E-state index in [9.17, 15) is 14.9 Å². The summed E-state index contributed by atoms with van der Waals surface area (Å²) >= 11 is 0. The van der Waals surface area contributed by atoms with Crippen LogP contribution in [0.25, 0.3) is 0 Å². The van der Waals surface area contributed by atoms with E-state index in [1.807, 2.05) is 0 Å². The Morgan fingerprint density at radius 3 is 2.53 bits per heavy atom. The summed E-state index contributed by atoms with van der Waals surface area (Å²) < 4.78 is 0. The lowest BCUT2D eigenvalue weighted by Crippen LogP contribution is -2.29. The molecule has 1 unspecified atom stereocenters. The first-order chi connectivity index (χ1) is 8.61. The normalized spacial score (nSPS) is 17.9. The highest BCUT2D eigenvalue weighted by atomic mass is 35.5. The van der Waals surface area contributed by atoms with Crippen molar-refractivity contribution in [2.24, 2.45) is 11.7 Å². The lowest BCUT2D eigenvalue weighted by Gasteiger charge is -2.16. The summed E-state index contributed by atoms with van der Waals surface area (Å²) in [4.78, 5) is 23.9. The molecule has 0 aliphatic carbocycles. The van der Waals surface area contributed by atoms with E-state index >= 15 is 0 Å². The Morgan fingerprint density at radius 2 is 2.05 bits per heavy atom.